The predicted molar refractivity (Wildman–Crippen MR) is 108 cm³/mol. The SMILES string of the molecule is CC(=O)O[C@H]1C[C@H](Br)c2c(ccc3c2ccc2ccccc23)[C@H]1OC(C)=O. The maximum absolute atomic E-state index is 11.7. The summed E-state index contributed by atoms with van der Waals surface area (Å²) in [7, 11) is 0. The van der Waals surface area contributed by atoms with Crippen LogP contribution in [0.2, 0.25) is 0 Å². The normalized spacial score (nSPS) is 21.7. The van der Waals surface area contributed by atoms with E-state index >= 15 is 0 Å². The Hall–Kier alpha value is -2.40. The van der Waals surface area contributed by atoms with E-state index in [0.29, 0.717) is 6.42 Å². The number of esters is 2. The highest BCUT2D eigenvalue weighted by molar-refractivity contribution is 9.09. The molecule has 3 aromatic carbocycles. The van der Waals surface area contributed by atoms with Crippen LogP contribution < -0.4 is 0 Å². The molecule has 5 heteroatoms. The minimum absolute atomic E-state index is 0.00600. The smallest absolute Gasteiger partial charge is 0.303 e. The zero-order valence-electron chi connectivity index (χ0n) is 15.1. The van der Waals surface area contributed by atoms with E-state index in [1.54, 1.807) is 0 Å². The molecule has 0 saturated heterocycles. The van der Waals surface area contributed by atoms with Crippen LogP contribution in [0.1, 0.15) is 42.3 Å². The van der Waals surface area contributed by atoms with Crippen LogP contribution in [0.25, 0.3) is 21.5 Å². The monoisotopic (exact) mass is 426 g/mol. The fourth-order valence-electron chi connectivity index (χ4n) is 4.01. The number of carbonyl (C=O) groups is 2. The van der Waals surface area contributed by atoms with Crippen molar-refractivity contribution in [1.29, 1.82) is 0 Å². The van der Waals surface area contributed by atoms with Crippen molar-refractivity contribution in [2.75, 3.05) is 0 Å². The van der Waals surface area contributed by atoms with E-state index in [0.717, 1.165) is 21.9 Å². The van der Waals surface area contributed by atoms with Crippen molar-refractivity contribution in [3.8, 4) is 0 Å². The van der Waals surface area contributed by atoms with Crippen LogP contribution in [0.3, 0.4) is 0 Å². The molecule has 3 atom stereocenters. The van der Waals surface area contributed by atoms with Gasteiger partial charge < -0.3 is 9.47 Å². The molecule has 4 rings (SSSR count). The molecule has 4 nitrogen and oxygen atoms in total. The Morgan fingerprint density at radius 1 is 0.889 bits per heavy atom. The number of halogens is 1. The molecule has 0 fully saturated rings. The number of hydrogen-bond acceptors (Lipinski definition) is 4. The minimum atomic E-state index is -0.605. The maximum atomic E-state index is 11.7. The van der Waals surface area contributed by atoms with Crippen molar-refractivity contribution in [3.05, 3.63) is 59.7 Å². The quantitative estimate of drug-likeness (QED) is 0.314. The van der Waals surface area contributed by atoms with Crippen molar-refractivity contribution >= 4 is 49.4 Å². The zero-order chi connectivity index (χ0) is 19.1. The molecule has 0 bridgehead atoms. The molecule has 0 radical (unpaired) electrons. The van der Waals surface area contributed by atoms with Crippen molar-refractivity contribution in [1.82, 2.24) is 0 Å². The van der Waals surface area contributed by atoms with Crippen LogP contribution in [0.5, 0.6) is 0 Å². The molecular formula is C22H19BrO4. The molecule has 27 heavy (non-hydrogen) atoms. The van der Waals surface area contributed by atoms with E-state index in [9.17, 15) is 9.59 Å². The highest BCUT2D eigenvalue weighted by atomic mass is 79.9. The van der Waals surface area contributed by atoms with Gasteiger partial charge >= 0.3 is 11.9 Å². The Morgan fingerprint density at radius 2 is 1.59 bits per heavy atom. The molecule has 3 aromatic rings. The van der Waals surface area contributed by atoms with Gasteiger partial charge in [0, 0.05) is 30.7 Å². The van der Waals surface area contributed by atoms with E-state index in [4.69, 9.17) is 9.47 Å². The summed E-state index contributed by atoms with van der Waals surface area (Å²) in [6, 6.07) is 16.5. The van der Waals surface area contributed by atoms with E-state index in [-0.39, 0.29) is 10.8 Å². The summed E-state index contributed by atoms with van der Waals surface area (Å²) in [6.07, 6.45) is -0.580. The maximum Gasteiger partial charge on any atom is 0.303 e. The Balaban J connectivity index is 1.94. The first-order valence-electron chi connectivity index (χ1n) is 8.88. The molecule has 1 aliphatic rings. The van der Waals surface area contributed by atoms with E-state index in [2.05, 4.69) is 46.3 Å². The molecule has 0 amide bonds. The third kappa shape index (κ3) is 3.21. The first-order chi connectivity index (χ1) is 13.0. The van der Waals surface area contributed by atoms with Crippen LogP contribution in [-0.4, -0.2) is 18.0 Å². The summed E-state index contributed by atoms with van der Waals surface area (Å²) in [5, 5.41) is 4.64. The van der Waals surface area contributed by atoms with E-state index in [1.165, 1.54) is 24.6 Å². The summed E-state index contributed by atoms with van der Waals surface area (Å²) in [4.78, 5) is 23.2. The fourth-order valence-corrected chi connectivity index (χ4v) is 4.89. The largest absolute Gasteiger partial charge is 0.458 e. The summed E-state index contributed by atoms with van der Waals surface area (Å²) < 4.78 is 11.0. The van der Waals surface area contributed by atoms with Gasteiger partial charge in [0.25, 0.3) is 0 Å². The molecule has 0 unspecified atom stereocenters. The molecule has 1 aliphatic carbocycles. The Morgan fingerprint density at radius 3 is 2.33 bits per heavy atom. The standard InChI is InChI=1S/C22H19BrO4/c1-12(24)26-20-11-19(23)21-17-8-7-14-5-3-4-6-15(14)16(17)9-10-18(21)22(20)27-13(2)25/h3-10,19-20,22H,11H2,1-2H3/t19-,20-,22+/m0/s1. The molecule has 0 heterocycles. The molecule has 138 valence electrons. The van der Waals surface area contributed by atoms with Gasteiger partial charge in [-0.3, -0.25) is 9.59 Å². The van der Waals surface area contributed by atoms with Crippen LogP contribution in [0.15, 0.2) is 48.5 Å². The zero-order valence-corrected chi connectivity index (χ0v) is 16.7. The number of fused-ring (bicyclic) bond motifs is 5. The number of carbonyl (C=O) groups excluding carboxylic acids is 2. The van der Waals surface area contributed by atoms with Gasteiger partial charge in [-0.2, -0.15) is 0 Å². The molecule has 0 saturated carbocycles. The number of hydrogen-bond donors (Lipinski definition) is 0. The Bertz CT molecular complexity index is 1060. The second-order valence-electron chi connectivity index (χ2n) is 6.83. The van der Waals surface area contributed by atoms with Gasteiger partial charge in [-0.25, -0.2) is 0 Å². The van der Waals surface area contributed by atoms with E-state index < -0.39 is 18.2 Å². The van der Waals surface area contributed by atoms with Crippen LogP contribution in [0.4, 0.5) is 0 Å². The van der Waals surface area contributed by atoms with Gasteiger partial charge in [0.15, 0.2) is 6.10 Å². The van der Waals surface area contributed by atoms with Gasteiger partial charge in [0.05, 0.1) is 0 Å². The lowest BCUT2D eigenvalue weighted by atomic mass is 9.83. The van der Waals surface area contributed by atoms with Gasteiger partial charge in [-0.1, -0.05) is 64.5 Å². The lowest BCUT2D eigenvalue weighted by molar-refractivity contribution is -0.167. The number of rotatable bonds is 2. The van der Waals surface area contributed by atoms with Crippen molar-refractivity contribution in [2.24, 2.45) is 0 Å². The van der Waals surface area contributed by atoms with Crippen LogP contribution >= 0.6 is 15.9 Å². The van der Waals surface area contributed by atoms with Crippen molar-refractivity contribution in [3.63, 3.8) is 0 Å². The van der Waals surface area contributed by atoms with Crippen LogP contribution in [-0.2, 0) is 19.1 Å². The number of benzene rings is 3. The molecule has 0 aliphatic heterocycles. The summed E-state index contributed by atoms with van der Waals surface area (Å²) >= 11 is 3.76. The number of alkyl halides is 1. The first-order valence-corrected chi connectivity index (χ1v) is 9.80. The molecule has 0 aromatic heterocycles. The average Bonchev–Trinajstić information content (AvgIpc) is 2.63. The van der Waals surface area contributed by atoms with Gasteiger partial charge in [0.2, 0.25) is 0 Å². The van der Waals surface area contributed by atoms with Gasteiger partial charge in [-0.05, 0) is 27.1 Å². The second-order valence-corrected chi connectivity index (χ2v) is 7.94. The third-order valence-corrected chi connectivity index (χ3v) is 5.84. The fraction of sp³-hybridized carbons (Fsp3) is 0.273. The van der Waals surface area contributed by atoms with Crippen LogP contribution in [0, 0.1) is 0 Å². The molecular weight excluding hydrogens is 408 g/mol. The Kier molecular flexibility index (Phi) is 4.64. The third-order valence-electron chi connectivity index (χ3n) is 5.01. The minimum Gasteiger partial charge on any atom is -0.458 e. The summed E-state index contributed by atoms with van der Waals surface area (Å²) in [5.74, 6) is -0.776. The number of ether oxygens (including phenoxy) is 2. The second kappa shape index (κ2) is 6.97. The van der Waals surface area contributed by atoms with E-state index in [1.807, 2.05) is 18.2 Å². The topological polar surface area (TPSA) is 52.6 Å². The highest BCUT2D eigenvalue weighted by Gasteiger charge is 2.39. The first kappa shape index (κ1) is 18.0. The predicted octanol–water partition coefficient (Wildman–Crippen LogP) is 5.37. The molecule has 0 spiro atoms. The van der Waals surface area contributed by atoms with Gasteiger partial charge in [-0.15, -0.1) is 0 Å². The molecule has 0 N–H and O–H groups in total. The lowest BCUT2D eigenvalue weighted by Crippen LogP contribution is -2.33. The summed E-state index contributed by atoms with van der Waals surface area (Å²) in [5.41, 5.74) is 1.97. The lowest BCUT2D eigenvalue weighted by Gasteiger charge is -2.35. The van der Waals surface area contributed by atoms with Crippen molar-refractivity contribution < 1.29 is 19.1 Å². The summed E-state index contributed by atoms with van der Waals surface area (Å²) in [6.45, 7) is 2.75. The van der Waals surface area contributed by atoms with Crippen molar-refractivity contribution in [2.45, 2.75) is 37.3 Å². The highest BCUT2D eigenvalue weighted by Crippen LogP contribution is 2.47. The Labute approximate surface area is 165 Å². The van der Waals surface area contributed by atoms with Gasteiger partial charge in [0.1, 0.15) is 6.10 Å². The average molecular weight is 427 g/mol.